The van der Waals surface area contributed by atoms with Gasteiger partial charge in [0.05, 0.1) is 5.56 Å². The predicted octanol–water partition coefficient (Wildman–Crippen LogP) is 2.74. The number of nitrogens with two attached hydrogens (primary N) is 1. The molecule has 106 valence electrons. The monoisotopic (exact) mass is 283 g/mol. The van der Waals surface area contributed by atoms with Crippen molar-refractivity contribution in [2.75, 3.05) is 0 Å². The molecule has 0 fully saturated rings. The van der Waals surface area contributed by atoms with Crippen molar-refractivity contribution in [3.05, 3.63) is 78.1 Å². The van der Waals surface area contributed by atoms with Crippen LogP contribution < -0.4 is 5.32 Å². The Hall–Kier alpha value is -2.46. The van der Waals surface area contributed by atoms with Gasteiger partial charge in [0, 0.05) is 18.0 Å². The third-order valence-electron chi connectivity index (χ3n) is 3.25. The van der Waals surface area contributed by atoms with E-state index in [2.05, 4.69) is 10.3 Å². The molecule has 0 unspecified atom stereocenters. The molecule has 3 rings (SSSR count). The van der Waals surface area contributed by atoms with Crippen molar-refractivity contribution in [2.45, 2.75) is 13.1 Å². The van der Waals surface area contributed by atoms with Crippen LogP contribution in [0.5, 0.6) is 0 Å². The van der Waals surface area contributed by atoms with E-state index in [1.165, 1.54) is 11.6 Å². The topological polar surface area (TPSA) is 42.6 Å². The van der Waals surface area contributed by atoms with Crippen molar-refractivity contribution in [3.63, 3.8) is 0 Å². The molecule has 2 N–H and O–H groups in total. The second kappa shape index (κ2) is 6.33. The van der Waals surface area contributed by atoms with Crippen molar-refractivity contribution in [3.8, 4) is 11.3 Å². The van der Waals surface area contributed by atoms with Gasteiger partial charge in [-0.15, -0.1) is 0 Å². The summed E-state index contributed by atoms with van der Waals surface area (Å²) in [6, 6.07) is 14.3. The van der Waals surface area contributed by atoms with Crippen LogP contribution in [0.15, 0.2) is 65.3 Å². The molecule has 0 radical (unpaired) electrons. The highest BCUT2D eigenvalue weighted by Crippen LogP contribution is 2.24. The molecule has 0 aliphatic rings. The van der Waals surface area contributed by atoms with Gasteiger partial charge in [-0.1, -0.05) is 18.2 Å². The number of nitrogens with zero attached hydrogens (tertiary/aromatic N) is 1. The van der Waals surface area contributed by atoms with Gasteiger partial charge >= 0.3 is 0 Å². The molecule has 4 heteroatoms. The zero-order valence-electron chi connectivity index (χ0n) is 11.5. The molecule has 21 heavy (non-hydrogen) atoms. The van der Waals surface area contributed by atoms with Crippen LogP contribution in [-0.2, 0) is 13.1 Å². The van der Waals surface area contributed by atoms with E-state index in [0.29, 0.717) is 17.9 Å². The summed E-state index contributed by atoms with van der Waals surface area (Å²) in [7, 11) is 0. The Bertz CT molecular complexity index is 710. The first-order valence-corrected chi connectivity index (χ1v) is 6.87. The molecule has 0 amide bonds. The van der Waals surface area contributed by atoms with Gasteiger partial charge in [0.15, 0.2) is 5.76 Å². The fraction of sp³-hybridized carbons (Fsp3) is 0.118. The summed E-state index contributed by atoms with van der Waals surface area (Å²) in [4.78, 5) is 4.08. The third-order valence-corrected chi connectivity index (χ3v) is 3.25. The molecule has 0 aliphatic heterocycles. The maximum atomic E-state index is 13.7. The Morgan fingerprint density at radius 2 is 1.90 bits per heavy atom. The molecular formula is C17H16FN2O+. The Morgan fingerprint density at radius 1 is 1.00 bits per heavy atom. The number of quaternary nitrogens is 1. The molecule has 2 aromatic heterocycles. The zero-order valence-corrected chi connectivity index (χ0v) is 11.5. The van der Waals surface area contributed by atoms with E-state index in [1.54, 1.807) is 24.4 Å². The number of pyridine rings is 1. The first-order chi connectivity index (χ1) is 10.3. The summed E-state index contributed by atoms with van der Waals surface area (Å²) in [6.45, 7) is 1.55. The maximum absolute atomic E-state index is 13.7. The number of furan rings is 1. The van der Waals surface area contributed by atoms with Crippen molar-refractivity contribution in [1.82, 2.24) is 4.98 Å². The molecule has 2 heterocycles. The van der Waals surface area contributed by atoms with E-state index in [-0.39, 0.29) is 5.82 Å². The molecule has 0 spiro atoms. The fourth-order valence-corrected chi connectivity index (χ4v) is 2.19. The third kappa shape index (κ3) is 3.35. The van der Waals surface area contributed by atoms with Gasteiger partial charge in [-0.05, 0) is 30.3 Å². The SMILES string of the molecule is Fc1ccccc1-c1ccc(C[NH2+]Cc2cccnc2)o1. The summed E-state index contributed by atoms with van der Waals surface area (Å²) >= 11 is 0. The van der Waals surface area contributed by atoms with E-state index in [0.717, 1.165) is 12.3 Å². The van der Waals surface area contributed by atoms with Gasteiger partial charge in [-0.3, -0.25) is 4.98 Å². The largest absolute Gasteiger partial charge is 0.455 e. The predicted molar refractivity (Wildman–Crippen MR) is 77.7 cm³/mol. The van der Waals surface area contributed by atoms with E-state index in [9.17, 15) is 4.39 Å². The molecule has 3 aromatic rings. The van der Waals surface area contributed by atoms with E-state index in [4.69, 9.17) is 4.42 Å². The van der Waals surface area contributed by atoms with Crippen LogP contribution in [0.1, 0.15) is 11.3 Å². The summed E-state index contributed by atoms with van der Waals surface area (Å²) in [5, 5.41) is 2.13. The fourth-order valence-electron chi connectivity index (χ4n) is 2.19. The average Bonchev–Trinajstić information content (AvgIpc) is 2.97. The molecule has 0 saturated carbocycles. The van der Waals surface area contributed by atoms with Gasteiger partial charge in [0.1, 0.15) is 24.7 Å². The van der Waals surface area contributed by atoms with Crippen molar-refractivity contribution in [1.29, 1.82) is 0 Å². The number of halogens is 1. The number of hydrogen-bond acceptors (Lipinski definition) is 2. The zero-order chi connectivity index (χ0) is 14.5. The first kappa shape index (κ1) is 13.5. The molecule has 0 bridgehead atoms. The lowest BCUT2D eigenvalue weighted by molar-refractivity contribution is -0.688. The number of rotatable bonds is 5. The Morgan fingerprint density at radius 3 is 2.71 bits per heavy atom. The van der Waals surface area contributed by atoms with Crippen LogP contribution in [0, 0.1) is 5.82 Å². The average molecular weight is 283 g/mol. The van der Waals surface area contributed by atoms with Crippen LogP contribution in [0.25, 0.3) is 11.3 Å². The van der Waals surface area contributed by atoms with Crippen molar-refractivity contribution < 1.29 is 14.1 Å². The lowest BCUT2D eigenvalue weighted by atomic mass is 10.1. The minimum atomic E-state index is -0.266. The highest BCUT2D eigenvalue weighted by Gasteiger charge is 2.09. The van der Waals surface area contributed by atoms with Gasteiger partial charge < -0.3 is 9.73 Å². The quantitative estimate of drug-likeness (QED) is 0.782. The summed E-state index contributed by atoms with van der Waals surface area (Å²) in [5.74, 6) is 1.13. The second-order valence-electron chi connectivity index (χ2n) is 4.80. The number of hydrogen-bond donors (Lipinski definition) is 1. The second-order valence-corrected chi connectivity index (χ2v) is 4.80. The molecule has 3 nitrogen and oxygen atoms in total. The Balaban J connectivity index is 1.62. The van der Waals surface area contributed by atoms with Gasteiger partial charge in [0.25, 0.3) is 0 Å². The highest BCUT2D eigenvalue weighted by molar-refractivity contribution is 5.58. The number of aromatic nitrogens is 1. The van der Waals surface area contributed by atoms with Crippen molar-refractivity contribution >= 4 is 0 Å². The Labute approximate surface area is 122 Å². The van der Waals surface area contributed by atoms with Crippen LogP contribution in [0.3, 0.4) is 0 Å². The summed E-state index contributed by atoms with van der Waals surface area (Å²) in [5.41, 5.74) is 1.66. The van der Waals surface area contributed by atoms with Crippen LogP contribution in [0.2, 0.25) is 0 Å². The highest BCUT2D eigenvalue weighted by atomic mass is 19.1. The van der Waals surface area contributed by atoms with Gasteiger partial charge in [-0.2, -0.15) is 0 Å². The molecular weight excluding hydrogens is 267 g/mol. The minimum absolute atomic E-state index is 0.266. The molecule has 0 aliphatic carbocycles. The molecule has 0 atom stereocenters. The smallest absolute Gasteiger partial charge is 0.158 e. The minimum Gasteiger partial charge on any atom is -0.455 e. The van der Waals surface area contributed by atoms with Crippen molar-refractivity contribution in [2.24, 2.45) is 0 Å². The molecule has 0 saturated heterocycles. The summed E-state index contributed by atoms with van der Waals surface area (Å²) in [6.07, 6.45) is 3.61. The van der Waals surface area contributed by atoms with Gasteiger partial charge in [0.2, 0.25) is 0 Å². The van der Waals surface area contributed by atoms with Gasteiger partial charge in [-0.25, -0.2) is 4.39 Å². The lowest BCUT2D eigenvalue weighted by Crippen LogP contribution is -2.80. The first-order valence-electron chi connectivity index (χ1n) is 6.87. The van der Waals surface area contributed by atoms with Crippen LogP contribution >= 0.6 is 0 Å². The molecule has 1 aromatic carbocycles. The van der Waals surface area contributed by atoms with E-state index >= 15 is 0 Å². The lowest BCUT2D eigenvalue weighted by Gasteiger charge is -2.00. The van der Waals surface area contributed by atoms with Crippen LogP contribution in [0.4, 0.5) is 4.39 Å². The summed E-state index contributed by atoms with van der Waals surface area (Å²) < 4.78 is 19.4. The van der Waals surface area contributed by atoms with Crippen LogP contribution in [-0.4, -0.2) is 4.98 Å². The Kier molecular flexibility index (Phi) is 4.07. The standard InChI is InChI=1S/C17H15FN2O/c18-16-6-2-1-5-15(16)17-8-7-14(21-17)12-20-11-13-4-3-9-19-10-13/h1-10,20H,11-12H2/p+1. The normalized spacial score (nSPS) is 10.7. The van der Waals surface area contributed by atoms with E-state index < -0.39 is 0 Å². The number of benzene rings is 1. The maximum Gasteiger partial charge on any atom is 0.158 e. The van der Waals surface area contributed by atoms with E-state index in [1.807, 2.05) is 30.5 Å².